The third-order valence-corrected chi connectivity index (χ3v) is 9.50. The molecule has 260 valence electrons. The normalized spacial score (nSPS) is 13.7. The Balaban J connectivity index is 1.19. The van der Waals surface area contributed by atoms with E-state index in [1.807, 2.05) is 48.5 Å². The van der Waals surface area contributed by atoms with Gasteiger partial charge in [-0.2, -0.15) is 5.26 Å². The highest BCUT2D eigenvalue weighted by molar-refractivity contribution is 8.00. The lowest BCUT2D eigenvalue weighted by Gasteiger charge is -2.16. The second-order valence-electron chi connectivity index (χ2n) is 11.4. The zero-order valence-corrected chi connectivity index (χ0v) is 29.1. The number of nitrogens with zero attached hydrogens (tertiary/aromatic N) is 3. The van der Waals surface area contributed by atoms with E-state index in [0.29, 0.717) is 33.5 Å². The van der Waals surface area contributed by atoms with Crippen LogP contribution in [0, 0.1) is 11.3 Å². The molecule has 5 aromatic rings. The van der Waals surface area contributed by atoms with Gasteiger partial charge < -0.3 is 18.9 Å². The Morgan fingerprint density at radius 3 is 2.17 bits per heavy atom. The first kappa shape index (κ1) is 35.4. The van der Waals surface area contributed by atoms with Gasteiger partial charge in [0.05, 0.1) is 49.1 Å². The number of nitriles is 1. The van der Waals surface area contributed by atoms with Gasteiger partial charge in [0.2, 0.25) is 11.8 Å². The molecule has 11 nitrogen and oxygen atoms in total. The van der Waals surface area contributed by atoms with Crippen LogP contribution >= 0.6 is 11.8 Å². The highest BCUT2D eigenvalue weighted by Crippen LogP contribution is 2.39. The van der Waals surface area contributed by atoms with Gasteiger partial charge in [-0.05, 0) is 66.2 Å². The van der Waals surface area contributed by atoms with Gasteiger partial charge in [-0.1, -0.05) is 54.2 Å². The number of aromatic nitrogens is 1. The number of amides is 2. The molecule has 1 saturated heterocycles. The molecule has 2 heterocycles. The summed E-state index contributed by atoms with van der Waals surface area (Å²) in [6.45, 7) is -0.511. The topological polar surface area (TPSA) is 145 Å². The molecule has 0 N–H and O–H groups in total. The van der Waals surface area contributed by atoms with Crippen LogP contribution in [0.15, 0.2) is 108 Å². The summed E-state index contributed by atoms with van der Waals surface area (Å²) in [7, 11) is 4.50. The molecule has 1 unspecified atom stereocenters. The molecule has 0 saturated carbocycles. The molecular weight excluding hydrogens is 683 g/mol. The number of hydrogen-bond acceptors (Lipinski definition) is 11. The largest absolute Gasteiger partial charge is 0.497 e. The van der Waals surface area contributed by atoms with Crippen molar-refractivity contribution in [1.29, 1.82) is 5.26 Å². The van der Waals surface area contributed by atoms with Crippen LogP contribution < -0.4 is 19.1 Å². The van der Waals surface area contributed by atoms with E-state index in [9.17, 15) is 24.4 Å². The quantitative estimate of drug-likeness (QED) is 0.0767. The third-order valence-electron chi connectivity index (χ3n) is 8.33. The van der Waals surface area contributed by atoms with Crippen LogP contribution in [0.2, 0.25) is 0 Å². The van der Waals surface area contributed by atoms with Crippen LogP contribution in [0.5, 0.6) is 17.2 Å². The molecular formula is C40H31N3O8S. The number of carbonyl (C=O) groups excluding carboxylic acids is 4. The van der Waals surface area contributed by atoms with E-state index in [-0.39, 0.29) is 28.8 Å². The molecule has 1 aromatic heterocycles. The number of carbonyl (C=O) groups is 4. The number of ketones is 1. The van der Waals surface area contributed by atoms with Crippen molar-refractivity contribution in [2.45, 2.75) is 16.7 Å². The first-order chi connectivity index (χ1) is 25.2. The Morgan fingerprint density at radius 1 is 0.827 bits per heavy atom. The second-order valence-corrected chi connectivity index (χ2v) is 12.6. The standard InChI is InChI=1S/C40H31N3O8S/c1-48-29-16-11-24(12-17-29)30-20-32(25-7-5-4-6-8-25)42-38(31(30)22-41)52-36-21-37(45)43(39(36)46)28-14-9-26(10-15-28)40(47)51-23-33(44)27-13-18-34(49-2)35(19-27)50-3/h4-20,36H,21,23H2,1-3H3. The minimum absolute atomic E-state index is 0.120. The van der Waals surface area contributed by atoms with E-state index in [2.05, 4.69) is 6.07 Å². The number of ether oxygens (including phenoxy) is 4. The lowest BCUT2D eigenvalue weighted by atomic mass is 9.99. The van der Waals surface area contributed by atoms with Crippen molar-refractivity contribution in [3.05, 3.63) is 120 Å². The fourth-order valence-corrected chi connectivity index (χ4v) is 6.75. The maximum absolute atomic E-state index is 13.7. The SMILES string of the molecule is COc1ccc(-c2cc(-c3ccccc3)nc(SC3CC(=O)N(c4ccc(C(=O)OCC(=O)c5ccc(OC)c(OC)c5)cc4)C3=O)c2C#N)cc1. The summed E-state index contributed by atoms with van der Waals surface area (Å²) >= 11 is 1.07. The highest BCUT2D eigenvalue weighted by Gasteiger charge is 2.41. The lowest BCUT2D eigenvalue weighted by molar-refractivity contribution is -0.121. The first-order valence-corrected chi connectivity index (χ1v) is 16.8. The molecule has 1 fully saturated rings. The number of Topliss-reactive ketones (excluding diaryl/α,β-unsaturated/α-hetero) is 1. The maximum Gasteiger partial charge on any atom is 0.338 e. The van der Waals surface area contributed by atoms with Crippen LogP contribution in [0.25, 0.3) is 22.4 Å². The van der Waals surface area contributed by atoms with Crippen molar-refractivity contribution in [3.8, 4) is 45.7 Å². The molecule has 1 atom stereocenters. The summed E-state index contributed by atoms with van der Waals surface area (Å²) in [5, 5.41) is 9.80. The summed E-state index contributed by atoms with van der Waals surface area (Å²) in [6.07, 6.45) is -0.120. The minimum atomic E-state index is -0.853. The first-order valence-electron chi connectivity index (χ1n) is 16.0. The summed E-state index contributed by atoms with van der Waals surface area (Å²) in [5.41, 5.74) is 3.77. The lowest BCUT2D eigenvalue weighted by Crippen LogP contribution is -2.31. The van der Waals surface area contributed by atoms with E-state index in [4.69, 9.17) is 23.9 Å². The molecule has 0 bridgehead atoms. The van der Waals surface area contributed by atoms with Crippen molar-refractivity contribution in [1.82, 2.24) is 4.98 Å². The Bertz CT molecular complexity index is 2200. The highest BCUT2D eigenvalue weighted by atomic mass is 32.2. The summed E-state index contributed by atoms with van der Waals surface area (Å²) in [5.74, 6) is -0.635. The Hall–Kier alpha value is -6.45. The molecule has 0 spiro atoms. The molecule has 1 aliphatic rings. The van der Waals surface area contributed by atoms with Crippen LogP contribution in [-0.2, 0) is 14.3 Å². The van der Waals surface area contributed by atoms with Crippen molar-refractivity contribution in [2.24, 2.45) is 0 Å². The predicted octanol–water partition coefficient (Wildman–Crippen LogP) is 6.78. The minimum Gasteiger partial charge on any atom is -0.497 e. The Labute approximate surface area is 303 Å². The monoisotopic (exact) mass is 713 g/mol. The maximum atomic E-state index is 13.7. The molecule has 4 aromatic carbocycles. The van der Waals surface area contributed by atoms with E-state index in [1.54, 1.807) is 31.4 Å². The predicted molar refractivity (Wildman–Crippen MR) is 194 cm³/mol. The Kier molecular flexibility index (Phi) is 10.6. The van der Waals surface area contributed by atoms with E-state index in [0.717, 1.165) is 27.8 Å². The van der Waals surface area contributed by atoms with Crippen molar-refractivity contribution >= 4 is 41.0 Å². The zero-order valence-electron chi connectivity index (χ0n) is 28.3. The Morgan fingerprint density at radius 2 is 1.52 bits per heavy atom. The molecule has 12 heteroatoms. The average Bonchev–Trinajstić information content (AvgIpc) is 3.47. The van der Waals surface area contributed by atoms with E-state index >= 15 is 0 Å². The van der Waals surface area contributed by atoms with Gasteiger partial charge in [0, 0.05) is 23.1 Å². The second kappa shape index (κ2) is 15.6. The van der Waals surface area contributed by atoms with Gasteiger partial charge in [0.1, 0.15) is 16.8 Å². The number of imide groups is 1. The van der Waals surface area contributed by atoms with Crippen LogP contribution in [0.1, 0.15) is 32.7 Å². The fraction of sp³-hybridized carbons (Fsp3) is 0.150. The average molecular weight is 714 g/mol. The van der Waals surface area contributed by atoms with Gasteiger partial charge in [-0.15, -0.1) is 0 Å². The van der Waals surface area contributed by atoms with Crippen molar-refractivity contribution in [3.63, 3.8) is 0 Å². The number of thioether (sulfide) groups is 1. The summed E-state index contributed by atoms with van der Waals surface area (Å²) < 4.78 is 21.0. The van der Waals surface area contributed by atoms with Gasteiger partial charge in [0.15, 0.2) is 23.9 Å². The van der Waals surface area contributed by atoms with Gasteiger partial charge in [-0.25, -0.2) is 14.7 Å². The number of anilines is 1. The molecule has 0 radical (unpaired) electrons. The third kappa shape index (κ3) is 7.35. The van der Waals surface area contributed by atoms with E-state index < -0.39 is 35.4 Å². The summed E-state index contributed by atoms with van der Waals surface area (Å²) in [6, 6.07) is 31.3. The molecule has 0 aliphatic carbocycles. The summed E-state index contributed by atoms with van der Waals surface area (Å²) in [4.78, 5) is 58.3. The molecule has 2 amide bonds. The van der Waals surface area contributed by atoms with Gasteiger partial charge in [0.25, 0.3) is 0 Å². The van der Waals surface area contributed by atoms with Crippen LogP contribution in [-0.4, -0.2) is 61.7 Å². The molecule has 52 heavy (non-hydrogen) atoms. The zero-order chi connectivity index (χ0) is 36.8. The van der Waals surface area contributed by atoms with Crippen molar-refractivity contribution in [2.75, 3.05) is 32.8 Å². The number of pyridine rings is 1. The van der Waals surface area contributed by atoms with E-state index in [1.165, 1.54) is 44.6 Å². The van der Waals surface area contributed by atoms with Crippen molar-refractivity contribution < 1.29 is 38.1 Å². The smallest absolute Gasteiger partial charge is 0.338 e. The number of hydrogen-bond donors (Lipinski definition) is 0. The number of methoxy groups -OCH3 is 3. The van der Waals surface area contributed by atoms with Gasteiger partial charge >= 0.3 is 5.97 Å². The van der Waals surface area contributed by atoms with Crippen LogP contribution in [0.3, 0.4) is 0 Å². The number of esters is 1. The fourth-order valence-electron chi connectivity index (χ4n) is 5.63. The van der Waals surface area contributed by atoms with Crippen LogP contribution in [0.4, 0.5) is 5.69 Å². The number of benzene rings is 4. The molecule has 6 rings (SSSR count). The molecule has 1 aliphatic heterocycles. The van der Waals surface area contributed by atoms with Gasteiger partial charge in [-0.3, -0.25) is 14.4 Å². The number of rotatable bonds is 12.